The van der Waals surface area contributed by atoms with Gasteiger partial charge in [0.1, 0.15) is 0 Å². The number of aliphatic hydroxyl groups excluding tert-OH is 1. The molecule has 0 rings (SSSR count). The number of hydrogen-bond acceptors (Lipinski definition) is 3. The van der Waals surface area contributed by atoms with Gasteiger partial charge < -0.3 is 9.84 Å². The Hall–Kier alpha value is -0.590. The molecule has 0 fully saturated rings. The minimum atomic E-state index is -0.704. The second-order valence-corrected chi connectivity index (χ2v) is 3.45. The van der Waals surface area contributed by atoms with Crippen LogP contribution in [0.25, 0.3) is 0 Å². The Labute approximate surface area is 80.3 Å². The van der Waals surface area contributed by atoms with Crippen LogP contribution in [0.1, 0.15) is 33.6 Å². The average molecular weight is 185 g/mol. The molecule has 0 aliphatic carbocycles. The second kappa shape index (κ2) is 5.95. The smallest absolute Gasteiger partial charge is 0.153 e. The summed E-state index contributed by atoms with van der Waals surface area (Å²) < 4.78 is 5.45. The quantitative estimate of drug-likeness (QED) is 0.641. The van der Waals surface area contributed by atoms with Gasteiger partial charge in [0.15, 0.2) is 5.60 Å². The van der Waals surface area contributed by atoms with Gasteiger partial charge >= 0.3 is 0 Å². The lowest BCUT2D eigenvalue weighted by Crippen LogP contribution is -2.34. The molecule has 0 radical (unpaired) electrons. The molecule has 0 saturated carbocycles. The van der Waals surface area contributed by atoms with Crippen LogP contribution in [0.2, 0.25) is 0 Å². The minimum absolute atomic E-state index is 0.113. The van der Waals surface area contributed by atoms with Gasteiger partial charge in [0, 0.05) is 6.61 Å². The summed E-state index contributed by atoms with van der Waals surface area (Å²) in [4.78, 5) is 0. The summed E-state index contributed by atoms with van der Waals surface area (Å²) in [7, 11) is 0. The molecule has 0 amide bonds. The molecule has 13 heavy (non-hydrogen) atoms. The average Bonchev–Trinajstić information content (AvgIpc) is 2.16. The molecule has 0 spiro atoms. The van der Waals surface area contributed by atoms with E-state index in [4.69, 9.17) is 15.1 Å². The van der Waals surface area contributed by atoms with Crippen molar-refractivity contribution in [3.8, 4) is 6.07 Å². The first-order chi connectivity index (χ1) is 6.10. The highest BCUT2D eigenvalue weighted by molar-refractivity contribution is 5.01. The van der Waals surface area contributed by atoms with Gasteiger partial charge in [-0.2, -0.15) is 5.26 Å². The third kappa shape index (κ3) is 3.75. The first-order valence-electron chi connectivity index (χ1n) is 4.76. The number of aliphatic hydroxyl groups is 1. The van der Waals surface area contributed by atoms with Crippen molar-refractivity contribution in [1.82, 2.24) is 0 Å². The summed E-state index contributed by atoms with van der Waals surface area (Å²) in [5.74, 6) is 0.219. The molecule has 2 unspecified atom stereocenters. The fourth-order valence-electron chi connectivity index (χ4n) is 1.02. The molecule has 1 N–H and O–H groups in total. The Morgan fingerprint density at radius 1 is 1.62 bits per heavy atom. The molecule has 0 aliphatic heterocycles. The van der Waals surface area contributed by atoms with Gasteiger partial charge in [-0.3, -0.25) is 0 Å². The molecular formula is C10H19NO2. The molecule has 0 bridgehead atoms. The van der Waals surface area contributed by atoms with E-state index in [1.165, 1.54) is 0 Å². The third-order valence-corrected chi connectivity index (χ3v) is 2.48. The monoisotopic (exact) mass is 185 g/mol. The SMILES string of the molecule is CCC(C)C(C)(C#N)OCCCO. The zero-order valence-electron chi connectivity index (χ0n) is 8.71. The normalized spacial score (nSPS) is 17.5. The summed E-state index contributed by atoms with van der Waals surface area (Å²) >= 11 is 0. The fraction of sp³-hybridized carbons (Fsp3) is 0.900. The van der Waals surface area contributed by atoms with E-state index >= 15 is 0 Å². The molecule has 0 aromatic rings. The zero-order chi connectivity index (χ0) is 10.3. The Morgan fingerprint density at radius 2 is 2.23 bits per heavy atom. The Bertz CT molecular complexity index is 176. The molecular weight excluding hydrogens is 166 g/mol. The number of rotatable bonds is 6. The van der Waals surface area contributed by atoms with Gasteiger partial charge in [-0.05, 0) is 25.7 Å². The molecule has 76 valence electrons. The molecule has 3 heteroatoms. The largest absolute Gasteiger partial charge is 0.396 e. The van der Waals surface area contributed by atoms with Crippen LogP contribution in [0, 0.1) is 17.2 Å². The number of hydrogen-bond donors (Lipinski definition) is 1. The van der Waals surface area contributed by atoms with Crippen molar-refractivity contribution < 1.29 is 9.84 Å². The highest BCUT2D eigenvalue weighted by Gasteiger charge is 2.30. The molecule has 2 atom stereocenters. The van der Waals surface area contributed by atoms with Crippen molar-refractivity contribution >= 4 is 0 Å². The molecule has 0 aliphatic rings. The summed E-state index contributed by atoms with van der Waals surface area (Å²) in [5.41, 5.74) is -0.704. The van der Waals surface area contributed by atoms with Gasteiger partial charge in [-0.25, -0.2) is 0 Å². The van der Waals surface area contributed by atoms with Crippen molar-refractivity contribution in [3.63, 3.8) is 0 Å². The van der Waals surface area contributed by atoms with Crippen LogP contribution in [0.4, 0.5) is 0 Å². The summed E-state index contributed by atoms with van der Waals surface area (Å²) in [6.07, 6.45) is 1.51. The maximum absolute atomic E-state index is 8.95. The van der Waals surface area contributed by atoms with E-state index in [0.717, 1.165) is 6.42 Å². The van der Waals surface area contributed by atoms with Crippen LogP contribution in [0.3, 0.4) is 0 Å². The molecule has 0 saturated heterocycles. The van der Waals surface area contributed by atoms with Gasteiger partial charge in [-0.15, -0.1) is 0 Å². The zero-order valence-corrected chi connectivity index (χ0v) is 8.71. The Morgan fingerprint density at radius 3 is 2.62 bits per heavy atom. The van der Waals surface area contributed by atoms with Crippen molar-refractivity contribution in [3.05, 3.63) is 0 Å². The Kier molecular flexibility index (Phi) is 5.68. The van der Waals surface area contributed by atoms with E-state index in [9.17, 15) is 0 Å². The van der Waals surface area contributed by atoms with E-state index in [1.54, 1.807) is 6.92 Å². The highest BCUT2D eigenvalue weighted by Crippen LogP contribution is 2.23. The Balaban J connectivity index is 4.06. The van der Waals surface area contributed by atoms with E-state index < -0.39 is 5.60 Å². The molecule has 3 nitrogen and oxygen atoms in total. The standard InChI is InChI=1S/C10H19NO2/c1-4-9(2)10(3,8-11)13-7-5-6-12/h9,12H,4-7H2,1-3H3. The van der Waals surface area contributed by atoms with Gasteiger partial charge in [-0.1, -0.05) is 13.8 Å². The summed E-state index contributed by atoms with van der Waals surface area (Å²) in [5, 5.41) is 17.5. The van der Waals surface area contributed by atoms with Gasteiger partial charge in [0.2, 0.25) is 0 Å². The lowest BCUT2D eigenvalue weighted by atomic mass is 9.90. The van der Waals surface area contributed by atoms with Crippen LogP contribution < -0.4 is 0 Å². The molecule has 0 heterocycles. The maximum Gasteiger partial charge on any atom is 0.153 e. The van der Waals surface area contributed by atoms with E-state index in [0.29, 0.717) is 13.0 Å². The summed E-state index contributed by atoms with van der Waals surface area (Å²) in [6, 6.07) is 2.18. The van der Waals surface area contributed by atoms with Crippen LogP contribution in [0.15, 0.2) is 0 Å². The first kappa shape index (κ1) is 12.4. The van der Waals surface area contributed by atoms with E-state index in [1.807, 2.05) is 13.8 Å². The van der Waals surface area contributed by atoms with Crippen molar-refractivity contribution in [2.45, 2.75) is 39.2 Å². The highest BCUT2D eigenvalue weighted by atomic mass is 16.5. The van der Waals surface area contributed by atoms with Crippen LogP contribution in [0.5, 0.6) is 0 Å². The van der Waals surface area contributed by atoms with Gasteiger partial charge in [0.25, 0.3) is 0 Å². The topological polar surface area (TPSA) is 53.2 Å². The lowest BCUT2D eigenvalue weighted by Gasteiger charge is -2.28. The van der Waals surface area contributed by atoms with Crippen molar-refractivity contribution in [2.75, 3.05) is 13.2 Å². The number of ether oxygens (including phenoxy) is 1. The van der Waals surface area contributed by atoms with Crippen LogP contribution in [-0.2, 0) is 4.74 Å². The van der Waals surface area contributed by atoms with E-state index in [-0.39, 0.29) is 12.5 Å². The fourth-order valence-corrected chi connectivity index (χ4v) is 1.02. The van der Waals surface area contributed by atoms with Crippen LogP contribution in [-0.4, -0.2) is 23.9 Å². The number of nitriles is 1. The van der Waals surface area contributed by atoms with Crippen molar-refractivity contribution in [2.24, 2.45) is 5.92 Å². The van der Waals surface area contributed by atoms with Gasteiger partial charge in [0.05, 0.1) is 12.7 Å². The third-order valence-electron chi connectivity index (χ3n) is 2.48. The van der Waals surface area contributed by atoms with Crippen LogP contribution >= 0.6 is 0 Å². The molecule has 0 aromatic heterocycles. The van der Waals surface area contributed by atoms with Crippen molar-refractivity contribution in [1.29, 1.82) is 5.26 Å². The summed E-state index contributed by atoms with van der Waals surface area (Å²) in [6.45, 7) is 6.41. The predicted molar refractivity (Wildman–Crippen MR) is 51.1 cm³/mol. The maximum atomic E-state index is 8.95. The van der Waals surface area contributed by atoms with E-state index in [2.05, 4.69) is 6.07 Å². The number of nitrogens with zero attached hydrogens (tertiary/aromatic N) is 1. The minimum Gasteiger partial charge on any atom is -0.396 e. The predicted octanol–water partition coefficient (Wildman–Crippen LogP) is 1.71. The second-order valence-electron chi connectivity index (χ2n) is 3.45. The first-order valence-corrected chi connectivity index (χ1v) is 4.76. The molecule has 0 aromatic carbocycles. The lowest BCUT2D eigenvalue weighted by molar-refractivity contribution is -0.0318.